The van der Waals surface area contributed by atoms with E-state index in [-0.39, 0.29) is 52.7 Å². The number of ether oxygens (including phenoxy) is 2. The molecule has 0 fully saturated rings. The highest BCUT2D eigenvalue weighted by Crippen LogP contribution is 1.87. The summed E-state index contributed by atoms with van der Waals surface area (Å²) in [5, 5.41) is 8.37. The van der Waals surface area contributed by atoms with E-state index >= 15 is 0 Å². The van der Waals surface area contributed by atoms with Crippen LogP contribution in [-0.4, -0.2) is 83.7 Å². The molecule has 0 aliphatic heterocycles. The summed E-state index contributed by atoms with van der Waals surface area (Å²) in [5.74, 6) is -0.905. The maximum absolute atomic E-state index is 10.2. The summed E-state index contributed by atoms with van der Waals surface area (Å²) in [6.45, 7) is 3.03. The number of carboxylic acids is 1. The molecule has 144 valence electrons. The molecule has 0 aromatic rings. The van der Waals surface area contributed by atoms with E-state index in [2.05, 4.69) is 0 Å². The zero-order chi connectivity index (χ0) is 17.7. The molecule has 0 aromatic carbocycles. The second-order valence-electron chi connectivity index (χ2n) is 4.09. The summed E-state index contributed by atoms with van der Waals surface area (Å²) in [6, 6.07) is 0. The normalized spacial score (nSPS) is 11.0. The third-order valence-electron chi connectivity index (χ3n) is 2.09. The highest BCUT2D eigenvalue weighted by molar-refractivity contribution is 5.66. The summed E-state index contributed by atoms with van der Waals surface area (Å²) in [6.07, 6.45) is -0.0388. The van der Waals surface area contributed by atoms with E-state index in [9.17, 15) is 4.79 Å². The molecule has 0 bridgehead atoms. The molecule has 0 aliphatic rings. The van der Waals surface area contributed by atoms with E-state index in [1.807, 2.05) is 0 Å². The van der Waals surface area contributed by atoms with E-state index in [0.29, 0.717) is 26.4 Å². The van der Waals surface area contributed by atoms with Gasteiger partial charge in [0.1, 0.15) is 39.6 Å². The van der Waals surface area contributed by atoms with Crippen molar-refractivity contribution in [1.29, 1.82) is 0 Å². The van der Waals surface area contributed by atoms with Crippen molar-refractivity contribution in [2.75, 3.05) is 72.6 Å². The summed E-state index contributed by atoms with van der Waals surface area (Å²) in [4.78, 5) is 38.9. The first-order chi connectivity index (χ1) is 11.8. The number of carbonyl (C=O) groups is 1. The molecule has 0 amide bonds. The van der Waals surface area contributed by atoms with Crippen LogP contribution in [0.2, 0.25) is 0 Å². The second kappa shape index (κ2) is 20.2. The summed E-state index contributed by atoms with van der Waals surface area (Å²) in [5.41, 5.74) is 5.24. The topological polar surface area (TPSA) is 137 Å². The summed E-state index contributed by atoms with van der Waals surface area (Å²) < 4.78 is 10.1. The van der Waals surface area contributed by atoms with E-state index in [1.54, 1.807) is 0 Å². The van der Waals surface area contributed by atoms with Gasteiger partial charge in [-0.15, -0.1) is 0 Å². The number of rotatable bonds is 20. The van der Waals surface area contributed by atoms with Crippen LogP contribution in [0.15, 0.2) is 0 Å². The maximum Gasteiger partial charge on any atom is 0.305 e. The lowest BCUT2D eigenvalue weighted by atomic mass is 10.5. The summed E-state index contributed by atoms with van der Waals surface area (Å²) in [7, 11) is 0. The highest BCUT2D eigenvalue weighted by atomic mass is 17.2. The number of hydrogen-bond donors (Lipinski definition) is 2. The van der Waals surface area contributed by atoms with Crippen molar-refractivity contribution in [2.24, 2.45) is 5.73 Å². The molecule has 0 saturated carbocycles. The highest BCUT2D eigenvalue weighted by Gasteiger charge is 1.97. The minimum atomic E-state index is -0.905. The second-order valence-corrected chi connectivity index (χ2v) is 4.09. The van der Waals surface area contributed by atoms with Crippen LogP contribution in [0.4, 0.5) is 0 Å². The van der Waals surface area contributed by atoms with Crippen LogP contribution in [0.25, 0.3) is 0 Å². The molecule has 0 rings (SSSR count). The fraction of sp³-hybridized carbons (Fsp3) is 0.923. The lowest BCUT2D eigenvalue weighted by Crippen LogP contribution is -2.14. The smallest absolute Gasteiger partial charge is 0.305 e. The molecule has 0 aliphatic carbocycles. The molecular formula is C13H27NO10. The molecule has 0 heterocycles. The minimum Gasteiger partial charge on any atom is -0.481 e. The van der Waals surface area contributed by atoms with Crippen molar-refractivity contribution >= 4 is 5.97 Å². The van der Waals surface area contributed by atoms with Gasteiger partial charge in [0, 0.05) is 6.54 Å². The minimum absolute atomic E-state index is 0.0388. The number of carboxylic acid groups (broad SMARTS) is 1. The van der Waals surface area contributed by atoms with Gasteiger partial charge in [-0.2, -0.15) is 0 Å². The molecule has 11 nitrogen and oxygen atoms in total. The summed E-state index contributed by atoms with van der Waals surface area (Å²) >= 11 is 0. The zero-order valence-electron chi connectivity index (χ0n) is 13.7. The largest absolute Gasteiger partial charge is 0.481 e. The third-order valence-corrected chi connectivity index (χ3v) is 2.09. The zero-order valence-corrected chi connectivity index (χ0v) is 13.7. The number of nitrogens with two attached hydrogens (primary N) is 1. The molecular weight excluding hydrogens is 330 g/mol. The number of aliphatic carboxylic acids is 1. The van der Waals surface area contributed by atoms with Crippen LogP contribution < -0.4 is 5.73 Å². The fourth-order valence-corrected chi connectivity index (χ4v) is 1.12. The predicted octanol–water partition coefficient (Wildman–Crippen LogP) is -0.702. The molecule has 0 spiro atoms. The van der Waals surface area contributed by atoms with E-state index in [0.717, 1.165) is 0 Å². The first kappa shape index (κ1) is 23.1. The van der Waals surface area contributed by atoms with E-state index in [4.69, 9.17) is 49.6 Å². The Balaban J connectivity index is 2.97. The van der Waals surface area contributed by atoms with Crippen molar-refractivity contribution < 1.29 is 48.7 Å². The molecule has 0 radical (unpaired) electrons. The van der Waals surface area contributed by atoms with Crippen molar-refractivity contribution in [3.8, 4) is 0 Å². The van der Waals surface area contributed by atoms with E-state index < -0.39 is 5.97 Å². The third kappa shape index (κ3) is 21.1. The van der Waals surface area contributed by atoms with Crippen LogP contribution in [0, 0.1) is 0 Å². The monoisotopic (exact) mass is 357 g/mol. The van der Waals surface area contributed by atoms with Crippen LogP contribution in [0.3, 0.4) is 0 Å². The number of hydrogen-bond acceptors (Lipinski definition) is 10. The Labute approximate surface area is 140 Å². The molecule has 11 heteroatoms. The Morgan fingerprint density at radius 3 is 1.38 bits per heavy atom. The van der Waals surface area contributed by atoms with Crippen LogP contribution in [0.1, 0.15) is 6.42 Å². The standard InChI is InChI=1S/C13H27NO10/c14-2-4-18-6-8-20-22-10-12-24-23-11-9-21-19-7-5-17-3-1-13(15)16/h1-12,14H2,(H,15,16). The van der Waals surface area contributed by atoms with Crippen LogP contribution in [-0.2, 0) is 43.6 Å². The van der Waals surface area contributed by atoms with E-state index in [1.165, 1.54) is 0 Å². The van der Waals surface area contributed by atoms with Crippen molar-refractivity contribution in [3.63, 3.8) is 0 Å². The van der Waals surface area contributed by atoms with Gasteiger partial charge in [0.15, 0.2) is 0 Å². The van der Waals surface area contributed by atoms with Gasteiger partial charge in [0.05, 0.1) is 32.8 Å². The average Bonchev–Trinajstić information content (AvgIpc) is 2.56. The molecule has 3 N–H and O–H groups in total. The first-order valence-electron chi connectivity index (χ1n) is 7.58. The van der Waals surface area contributed by atoms with Gasteiger partial charge in [0.25, 0.3) is 0 Å². The Bertz CT molecular complexity index is 269. The van der Waals surface area contributed by atoms with Gasteiger partial charge in [-0.25, -0.2) is 29.3 Å². The van der Waals surface area contributed by atoms with Crippen LogP contribution >= 0.6 is 0 Å². The Hall–Kier alpha value is -0.890. The fourth-order valence-electron chi connectivity index (χ4n) is 1.12. The molecule has 0 atom stereocenters. The predicted molar refractivity (Wildman–Crippen MR) is 78.7 cm³/mol. The van der Waals surface area contributed by atoms with Gasteiger partial charge >= 0.3 is 5.97 Å². The van der Waals surface area contributed by atoms with Crippen molar-refractivity contribution in [2.45, 2.75) is 6.42 Å². The quantitative estimate of drug-likeness (QED) is 0.162. The maximum atomic E-state index is 10.2. The van der Waals surface area contributed by atoms with Gasteiger partial charge in [-0.3, -0.25) is 4.79 Å². The SMILES string of the molecule is NCCOCCOOCCOOCCOOCCOCCC(=O)O. The molecule has 0 saturated heterocycles. The lowest BCUT2D eigenvalue weighted by Gasteiger charge is -2.06. The Morgan fingerprint density at radius 1 is 0.625 bits per heavy atom. The van der Waals surface area contributed by atoms with Crippen molar-refractivity contribution in [3.05, 3.63) is 0 Å². The molecule has 24 heavy (non-hydrogen) atoms. The van der Waals surface area contributed by atoms with Gasteiger partial charge in [-0.1, -0.05) is 0 Å². The lowest BCUT2D eigenvalue weighted by molar-refractivity contribution is -0.360. The van der Waals surface area contributed by atoms with Crippen molar-refractivity contribution in [1.82, 2.24) is 0 Å². The van der Waals surface area contributed by atoms with Gasteiger partial charge < -0.3 is 20.3 Å². The Kier molecular flexibility index (Phi) is 19.4. The molecule has 0 aromatic heterocycles. The van der Waals surface area contributed by atoms with Gasteiger partial charge in [-0.05, 0) is 0 Å². The van der Waals surface area contributed by atoms with Crippen LogP contribution in [0.5, 0.6) is 0 Å². The average molecular weight is 357 g/mol. The Morgan fingerprint density at radius 2 is 1.00 bits per heavy atom. The molecule has 0 unspecified atom stereocenters. The van der Waals surface area contributed by atoms with Gasteiger partial charge in [0.2, 0.25) is 0 Å². The first-order valence-corrected chi connectivity index (χ1v) is 7.58.